The number of methoxy groups -OCH3 is 1. The number of hydrogen-bond donors (Lipinski definition) is 2. The molecule has 1 amide bonds. The number of H-pyrrole nitrogens is 1. The lowest BCUT2D eigenvalue weighted by molar-refractivity contribution is -0.139. The number of carbonyl (C=O) groups is 1. The number of halogens is 3. The molecular formula is C15H16F3N3O7S. The molecule has 0 saturated carbocycles. The van der Waals surface area contributed by atoms with E-state index in [0.29, 0.717) is 12.3 Å². The molecule has 1 aromatic heterocycles. The van der Waals surface area contributed by atoms with Crippen molar-refractivity contribution in [3.8, 4) is 0 Å². The van der Waals surface area contributed by atoms with Crippen LogP contribution in [0.25, 0.3) is 10.9 Å². The van der Waals surface area contributed by atoms with Crippen LogP contribution in [0.15, 0.2) is 21.7 Å². The van der Waals surface area contributed by atoms with Crippen molar-refractivity contribution in [3.63, 3.8) is 0 Å². The molecule has 2 rings (SSSR count). The maximum atomic E-state index is 13.5. The van der Waals surface area contributed by atoms with E-state index in [9.17, 15) is 36.0 Å². The van der Waals surface area contributed by atoms with Gasteiger partial charge in [-0.05, 0) is 24.1 Å². The van der Waals surface area contributed by atoms with E-state index in [1.54, 1.807) is 6.92 Å². The molecule has 0 fully saturated rings. The molecule has 1 atom stereocenters. The second-order valence-corrected chi connectivity index (χ2v) is 7.76. The minimum atomic E-state index is -4.85. The highest BCUT2D eigenvalue weighted by molar-refractivity contribution is 7.92. The van der Waals surface area contributed by atoms with Crippen LogP contribution >= 0.6 is 0 Å². The summed E-state index contributed by atoms with van der Waals surface area (Å²) >= 11 is 0. The molecule has 0 aliphatic carbocycles. The maximum Gasteiger partial charge on any atom is 0.441 e. The highest BCUT2D eigenvalue weighted by atomic mass is 32.2. The number of amides is 1. The van der Waals surface area contributed by atoms with Gasteiger partial charge in [0, 0.05) is 7.11 Å². The smallest absolute Gasteiger partial charge is 0.441 e. The molecule has 0 radical (unpaired) electrons. The number of carboxylic acid groups (broad SMARTS) is 1. The Hall–Kier alpha value is -2.87. The van der Waals surface area contributed by atoms with Crippen molar-refractivity contribution in [1.82, 2.24) is 9.66 Å². The molecule has 29 heavy (non-hydrogen) atoms. The molecule has 14 heteroatoms. The molecule has 1 unspecified atom stereocenters. The number of hydrogen-bond acceptors (Lipinski definition) is 6. The number of nitrogens with zero attached hydrogens (tertiary/aromatic N) is 2. The number of benzene rings is 1. The molecule has 160 valence electrons. The number of fused-ring (bicyclic) bond motifs is 1. The van der Waals surface area contributed by atoms with Crippen LogP contribution in [0.4, 0.5) is 18.0 Å². The Morgan fingerprint density at radius 1 is 1.34 bits per heavy atom. The third kappa shape index (κ3) is 4.12. The van der Waals surface area contributed by atoms with Gasteiger partial charge in [0.05, 0.1) is 28.8 Å². The first kappa shape index (κ1) is 22.4. The van der Waals surface area contributed by atoms with E-state index in [0.717, 1.165) is 6.07 Å². The Kier molecular flexibility index (Phi) is 5.81. The lowest BCUT2D eigenvalue weighted by Gasteiger charge is -2.21. The van der Waals surface area contributed by atoms with E-state index in [1.807, 2.05) is 4.98 Å². The van der Waals surface area contributed by atoms with Gasteiger partial charge < -0.3 is 14.8 Å². The maximum absolute atomic E-state index is 13.5. The van der Waals surface area contributed by atoms with Crippen molar-refractivity contribution in [2.75, 3.05) is 17.8 Å². The topological polar surface area (TPSA) is 139 Å². The molecule has 0 aliphatic heterocycles. The number of sulfonamides is 1. The number of rotatable bonds is 5. The summed E-state index contributed by atoms with van der Waals surface area (Å²) in [4.78, 5) is 38.1. The van der Waals surface area contributed by atoms with Gasteiger partial charge in [-0.1, -0.05) is 11.3 Å². The minimum Gasteiger partial charge on any atom is -0.463 e. The number of alkyl halides is 3. The molecular weight excluding hydrogens is 423 g/mol. The predicted octanol–water partition coefficient (Wildman–Crippen LogP) is 1.38. The van der Waals surface area contributed by atoms with Gasteiger partial charge in [0.25, 0.3) is 15.6 Å². The number of aromatic amines is 1. The highest BCUT2D eigenvalue weighted by Crippen LogP contribution is 2.38. The Morgan fingerprint density at radius 3 is 2.34 bits per heavy atom. The minimum absolute atomic E-state index is 0.104. The van der Waals surface area contributed by atoms with Gasteiger partial charge in [-0.3, -0.25) is 4.79 Å². The van der Waals surface area contributed by atoms with Gasteiger partial charge in [-0.2, -0.15) is 13.2 Å². The van der Waals surface area contributed by atoms with Crippen molar-refractivity contribution in [2.45, 2.75) is 25.6 Å². The first-order chi connectivity index (χ1) is 13.2. The quantitative estimate of drug-likeness (QED) is 0.718. The summed E-state index contributed by atoms with van der Waals surface area (Å²) in [5.74, 6) is 0. The van der Waals surface area contributed by atoms with Gasteiger partial charge in [-0.15, -0.1) is 4.68 Å². The fourth-order valence-corrected chi connectivity index (χ4v) is 3.57. The van der Waals surface area contributed by atoms with Crippen LogP contribution in [0.3, 0.4) is 0 Å². The monoisotopic (exact) mass is 439 g/mol. The fourth-order valence-electron chi connectivity index (χ4n) is 2.84. The summed E-state index contributed by atoms with van der Waals surface area (Å²) in [6, 6.07) is 1.32. The highest BCUT2D eigenvalue weighted by Gasteiger charge is 2.36. The second kappa shape index (κ2) is 7.51. The summed E-state index contributed by atoms with van der Waals surface area (Å²) in [5.41, 5.74) is -5.11. The molecule has 0 aliphatic rings. The van der Waals surface area contributed by atoms with Crippen LogP contribution in [-0.4, -0.2) is 42.6 Å². The molecule has 0 bridgehead atoms. The summed E-state index contributed by atoms with van der Waals surface area (Å²) < 4.78 is 68.2. The van der Waals surface area contributed by atoms with Gasteiger partial charge in [0.1, 0.15) is 0 Å². The van der Waals surface area contributed by atoms with Crippen LogP contribution < -0.4 is 15.7 Å². The molecule has 0 saturated heterocycles. The van der Waals surface area contributed by atoms with Crippen LogP contribution in [0.5, 0.6) is 0 Å². The van der Waals surface area contributed by atoms with Gasteiger partial charge in [-0.25, -0.2) is 18.0 Å². The number of nitrogens with one attached hydrogen (secondary N) is 1. The van der Waals surface area contributed by atoms with E-state index < -0.39 is 66.1 Å². The lowest BCUT2D eigenvalue weighted by atomic mass is 9.97. The Bertz CT molecular complexity index is 1180. The standard InChI is InChI=1S/C15H16F3N3O7S/c1-4-11(28-2)7-5-8-10(6-9(7)15(16,17)18)19-13(23)20(12(8)22)21(14(24)25)29(3,26)27/h5-6,11H,4H2,1-3H3,(H,19,23)(H,24,25). The van der Waals surface area contributed by atoms with Crippen molar-refractivity contribution in [3.05, 3.63) is 44.1 Å². The Labute approximate surface area is 161 Å². The van der Waals surface area contributed by atoms with Crippen molar-refractivity contribution < 1.29 is 36.2 Å². The lowest BCUT2D eigenvalue weighted by Crippen LogP contribution is -2.55. The van der Waals surface area contributed by atoms with Crippen LogP contribution in [0.1, 0.15) is 30.6 Å². The third-order valence-electron chi connectivity index (χ3n) is 4.01. The van der Waals surface area contributed by atoms with E-state index in [-0.39, 0.29) is 11.1 Å². The fraction of sp³-hybridized carbons (Fsp3) is 0.400. The average Bonchev–Trinajstić information content (AvgIpc) is 2.57. The molecule has 10 nitrogen and oxygen atoms in total. The van der Waals surface area contributed by atoms with Crippen molar-refractivity contribution >= 4 is 27.0 Å². The predicted molar refractivity (Wildman–Crippen MR) is 95.0 cm³/mol. The Morgan fingerprint density at radius 2 is 1.93 bits per heavy atom. The zero-order valence-electron chi connectivity index (χ0n) is 15.3. The zero-order valence-corrected chi connectivity index (χ0v) is 16.1. The van der Waals surface area contributed by atoms with Crippen LogP contribution in [0.2, 0.25) is 0 Å². The molecule has 0 spiro atoms. The SMILES string of the molecule is CCC(OC)c1cc2c(=O)n(N(C(=O)O)S(C)(=O)=O)c(=O)[nH]c2cc1C(F)(F)F. The summed E-state index contributed by atoms with van der Waals surface area (Å²) in [5, 5.41) is 8.59. The van der Waals surface area contributed by atoms with E-state index >= 15 is 0 Å². The van der Waals surface area contributed by atoms with Gasteiger partial charge in [0.2, 0.25) is 0 Å². The summed E-state index contributed by atoms with van der Waals surface area (Å²) in [6.45, 7) is 1.54. The molecule has 1 aromatic carbocycles. The first-order valence-corrected chi connectivity index (χ1v) is 9.75. The largest absolute Gasteiger partial charge is 0.463 e. The molecule has 2 N–H and O–H groups in total. The van der Waals surface area contributed by atoms with E-state index in [2.05, 4.69) is 0 Å². The number of aromatic nitrogens is 2. The second-order valence-electron chi connectivity index (χ2n) is 5.95. The molecule has 1 heterocycles. The summed E-state index contributed by atoms with van der Waals surface area (Å²) in [7, 11) is -3.46. The number of ether oxygens (including phenoxy) is 1. The summed E-state index contributed by atoms with van der Waals surface area (Å²) in [6.07, 6.45) is -7.53. The van der Waals surface area contributed by atoms with Crippen LogP contribution in [-0.2, 0) is 20.9 Å². The van der Waals surface area contributed by atoms with Crippen LogP contribution in [0, 0.1) is 0 Å². The third-order valence-corrected chi connectivity index (χ3v) is 4.96. The first-order valence-electron chi connectivity index (χ1n) is 7.90. The van der Waals surface area contributed by atoms with Gasteiger partial charge >= 0.3 is 18.0 Å². The van der Waals surface area contributed by atoms with E-state index in [1.165, 1.54) is 7.11 Å². The average molecular weight is 439 g/mol. The zero-order chi connectivity index (χ0) is 22.3. The normalized spacial score (nSPS) is 13.4. The molecule has 2 aromatic rings. The Balaban J connectivity index is 3.02. The van der Waals surface area contributed by atoms with Crippen molar-refractivity contribution in [1.29, 1.82) is 0 Å². The van der Waals surface area contributed by atoms with Crippen molar-refractivity contribution in [2.24, 2.45) is 0 Å². The van der Waals surface area contributed by atoms with E-state index in [4.69, 9.17) is 9.84 Å². The van der Waals surface area contributed by atoms with Gasteiger partial charge in [0.15, 0.2) is 0 Å².